The number of hydrogen-bond donors (Lipinski definition) is 1. The molecule has 0 amide bonds. The van der Waals surface area contributed by atoms with Gasteiger partial charge in [-0.2, -0.15) is 0 Å². The monoisotopic (exact) mass is 409 g/mol. The molecule has 1 saturated heterocycles. The fourth-order valence-corrected chi connectivity index (χ4v) is 5.24. The second-order valence-electron chi connectivity index (χ2n) is 8.89. The minimum Gasteiger partial charge on any atom is -0.463 e. The Morgan fingerprint density at radius 3 is 2.67 bits per heavy atom. The molecule has 2 heterocycles. The van der Waals surface area contributed by atoms with E-state index in [1.807, 2.05) is 24.4 Å². The molecule has 158 valence electrons. The fourth-order valence-electron chi connectivity index (χ4n) is 5.24. The fraction of sp³-hybridized carbons (Fsp3) is 0.440. The number of cyclic esters (lactones) is 1. The zero-order valence-corrected chi connectivity index (χ0v) is 17.3. The molecule has 3 fully saturated rings. The van der Waals surface area contributed by atoms with E-state index in [1.54, 1.807) is 12.1 Å². The van der Waals surface area contributed by atoms with Crippen LogP contribution in [0.2, 0.25) is 0 Å². The number of rotatable bonds is 2. The van der Waals surface area contributed by atoms with Gasteiger partial charge in [0.05, 0.1) is 11.5 Å². The minimum atomic E-state index is -0.324. The molecule has 4 nitrogen and oxygen atoms in total. The number of pyridine rings is 1. The predicted molar refractivity (Wildman–Crippen MR) is 115 cm³/mol. The quantitative estimate of drug-likeness (QED) is 0.748. The maximum atomic E-state index is 13.0. The van der Waals surface area contributed by atoms with Crippen LogP contribution in [0, 0.1) is 23.6 Å². The lowest BCUT2D eigenvalue weighted by Gasteiger charge is -2.44. The Balaban J connectivity index is 0.000000145. The van der Waals surface area contributed by atoms with E-state index in [9.17, 15) is 9.18 Å². The van der Waals surface area contributed by atoms with Gasteiger partial charge in [-0.1, -0.05) is 44.4 Å². The highest BCUT2D eigenvalue weighted by molar-refractivity contribution is 5.77. The third-order valence-electron chi connectivity index (χ3n) is 6.92. The molecule has 4 atom stereocenters. The number of hydrogen-bond acceptors (Lipinski definition) is 3. The van der Waals surface area contributed by atoms with E-state index >= 15 is 0 Å². The van der Waals surface area contributed by atoms with Crippen LogP contribution in [-0.4, -0.2) is 18.1 Å². The third kappa shape index (κ3) is 4.31. The molecule has 0 spiro atoms. The second kappa shape index (κ2) is 8.68. The van der Waals surface area contributed by atoms with Crippen LogP contribution in [0.1, 0.15) is 44.2 Å². The molecule has 1 aliphatic heterocycles. The van der Waals surface area contributed by atoms with Crippen molar-refractivity contribution in [3.8, 4) is 11.1 Å². The first kappa shape index (κ1) is 20.7. The van der Waals surface area contributed by atoms with E-state index in [1.165, 1.54) is 37.8 Å². The highest BCUT2D eigenvalue weighted by Crippen LogP contribution is 2.48. The van der Waals surface area contributed by atoms with E-state index in [0.29, 0.717) is 6.61 Å². The number of aromatic nitrogens is 1. The first-order valence-corrected chi connectivity index (χ1v) is 10.8. The normalized spacial score (nSPS) is 29.7. The van der Waals surface area contributed by atoms with Gasteiger partial charge >= 0.3 is 5.97 Å². The predicted octanol–water partition coefficient (Wildman–Crippen LogP) is 4.41. The number of carbonyl (C=O) groups is 1. The topological polar surface area (TPSA) is 66.5 Å². The van der Waals surface area contributed by atoms with Gasteiger partial charge in [-0.05, 0) is 48.4 Å². The molecule has 0 radical (unpaired) electrons. The number of fused-ring (bicyclic) bond motifs is 2. The first-order chi connectivity index (χ1) is 14.5. The van der Waals surface area contributed by atoms with Gasteiger partial charge < -0.3 is 10.5 Å². The molecular formula is C25H30FN2O2+. The molecule has 3 aliphatic rings. The summed E-state index contributed by atoms with van der Waals surface area (Å²) in [7, 11) is 0. The number of halogens is 1. The molecule has 1 aromatic carbocycles. The average molecular weight is 410 g/mol. The van der Waals surface area contributed by atoms with Crippen molar-refractivity contribution in [2.24, 2.45) is 23.5 Å². The molecular weight excluding hydrogens is 379 g/mol. The summed E-state index contributed by atoms with van der Waals surface area (Å²) in [4.78, 5) is 14.7. The third-order valence-corrected chi connectivity index (χ3v) is 6.92. The van der Waals surface area contributed by atoms with Crippen LogP contribution in [0.3, 0.4) is 0 Å². The van der Waals surface area contributed by atoms with Gasteiger partial charge in [0.1, 0.15) is 12.4 Å². The SMILES string of the molecule is C=Cc1ccc(-c2cccc(F)c2)c[nH+]1.NC12COC(=O)C1CC1CCCCC1C2. The molecule has 1 aromatic heterocycles. The minimum absolute atomic E-state index is 0.00292. The van der Waals surface area contributed by atoms with Gasteiger partial charge in [-0.3, -0.25) is 4.79 Å². The van der Waals surface area contributed by atoms with E-state index in [4.69, 9.17) is 10.5 Å². The molecule has 4 unspecified atom stereocenters. The van der Waals surface area contributed by atoms with E-state index in [2.05, 4.69) is 11.6 Å². The van der Waals surface area contributed by atoms with Gasteiger partial charge in [0.25, 0.3) is 0 Å². The lowest BCUT2D eigenvalue weighted by Crippen LogP contribution is -2.54. The zero-order valence-electron chi connectivity index (χ0n) is 17.3. The van der Waals surface area contributed by atoms with E-state index < -0.39 is 0 Å². The summed E-state index contributed by atoms with van der Waals surface area (Å²) < 4.78 is 18.1. The van der Waals surface area contributed by atoms with E-state index in [0.717, 1.165) is 41.5 Å². The van der Waals surface area contributed by atoms with Crippen molar-refractivity contribution in [3.05, 3.63) is 60.7 Å². The van der Waals surface area contributed by atoms with Crippen LogP contribution < -0.4 is 10.7 Å². The van der Waals surface area contributed by atoms with E-state index in [-0.39, 0.29) is 23.2 Å². The number of carbonyl (C=O) groups excluding carboxylic acids is 1. The van der Waals surface area contributed by atoms with Gasteiger partial charge in [0.15, 0.2) is 6.20 Å². The Bertz CT molecular complexity index is 914. The lowest BCUT2D eigenvalue weighted by molar-refractivity contribution is -0.380. The van der Waals surface area contributed by atoms with Crippen LogP contribution in [0.5, 0.6) is 0 Å². The van der Waals surface area contributed by atoms with Crippen LogP contribution in [0.25, 0.3) is 17.2 Å². The Morgan fingerprint density at radius 2 is 1.97 bits per heavy atom. The smallest absolute Gasteiger partial charge is 0.311 e. The summed E-state index contributed by atoms with van der Waals surface area (Å²) in [6.07, 6.45) is 10.8. The summed E-state index contributed by atoms with van der Waals surface area (Å²) in [5.41, 5.74) is 8.75. The molecule has 2 saturated carbocycles. The Labute approximate surface area is 177 Å². The van der Waals surface area contributed by atoms with Gasteiger partial charge in [0.2, 0.25) is 5.69 Å². The summed E-state index contributed by atoms with van der Waals surface area (Å²) in [5.74, 6) is 1.24. The molecule has 5 heteroatoms. The number of H-pyrrole nitrogens is 1. The second-order valence-corrected chi connectivity index (χ2v) is 8.89. The number of nitrogens with one attached hydrogen (secondary N) is 1. The summed E-state index contributed by atoms with van der Waals surface area (Å²) in [5, 5.41) is 0. The van der Waals surface area contributed by atoms with Crippen LogP contribution >= 0.6 is 0 Å². The van der Waals surface area contributed by atoms with Crippen molar-refractivity contribution in [1.82, 2.24) is 0 Å². The molecule has 3 N–H and O–H groups in total. The first-order valence-electron chi connectivity index (χ1n) is 10.8. The van der Waals surface area contributed by atoms with Crippen molar-refractivity contribution in [1.29, 1.82) is 0 Å². The molecule has 2 aromatic rings. The summed E-state index contributed by atoms with van der Waals surface area (Å²) in [6, 6.07) is 10.4. The molecule has 30 heavy (non-hydrogen) atoms. The Morgan fingerprint density at radius 1 is 1.17 bits per heavy atom. The Hall–Kier alpha value is -2.53. The van der Waals surface area contributed by atoms with Crippen molar-refractivity contribution >= 4 is 12.0 Å². The maximum Gasteiger partial charge on any atom is 0.311 e. The van der Waals surface area contributed by atoms with Crippen molar-refractivity contribution in [2.45, 2.75) is 44.1 Å². The maximum absolute atomic E-state index is 13.0. The van der Waals surface area contributed by atoms with Gasteiger partial charge in [-0.25, -0.2) is 9.37 Å². The van der Waals surface area contributed by atoms with Crippen LogP contribution in [0.4, 0.5) is 4.39 Å². The summed E-state index contributed by atoms with van der Waals surface area (Å²) in [6.45, 7) is 4.11. The standard InChI is InChI=1S/C13H10FN.C12H19NO2/c1-2-13-7-6-11(9-15-13)10-4-3-5-12(14)8-10;13-12-6-9-4-2-1-3-8(9)5-10(12)11(14)15-7-12/h2-9H,1H2;8-10H,1-7,13H2/p+1. The number of esters is 1. The molecule has 0 bridgehead atoms. The Kier molecular flexibility index (Phi) is 6.00. The zero-order chi connectivity index (χ0) is 21.1. The van der Waals surface area contributed by atoms with Crippen LogP contribution in [-0.2, 0) is 9.53 Å². The highest BCUT2D eigenvalue weighted by atomic mass is 19.1. The summed E-state index contributed by atoms with van der Waals surface area (Å²) >= 11 is 0. The lowest BCUT2D eigenvalue weighted by atomic mass is 9.61. The highest BCUT2D eigenvalue weighted by Gasteiger charge is 2.53. The number of benzene rings is 1. The van der Waals surface area contributed by atoms with Crippen LogP contribution in [0.15, 0.2) is 49.2 Å². The van der Waals surface area contributed by atoms with Crippen molar-refractivity contribution < 1.29 is 18.9 Å². The largest absolute Gasteiger partial charge is 0.463 e. The molecule has 2 aliphatic carbocycles. The number of nitrogens with two attached hydrogens (primary N) is 1. The number of ether oxygens (including phenoxy) is 1. The molecule has 5 rings (SSSR count). The average Bonchev–Trinajstić information content (AvgIpc) is 3.06. The van der Waals surface area contributed by atoms with Crippen molar-refractivity contribution in [3.63, 3.8) is 0 Å². The number of aromatic amines is 1. The van der Waals surface area contributed by atoms with Gasteiger partial charge in [0, 0.05) is 17.7 Å². The van der Waals surface area contributed by atoms with Gasteiger partial charge in [-0.15, -0.1) is 0 Å². The van der Waals surface area contributed by atoms with Crippen molar-refractivity contribution in [2.75, 3.05) is 6.61 Å².